The number of nitrogens with zero attached hydrogens (tertiary/aromatic N) is 1. The minimum atomic E-state index is 0.110. The van der Waals surface area contributed by atoms with E-state index in [1.807, 2.05) is 24.4 Å². The van der Waals surface area contributed by atoms with E-state index in [2.05, 4.69) is 23.3 Å². The Morgan fingerprint density at radius 2 is 2.20 bits per heavy atom. The van der Waals surface area contributed by atoms with Gasteiger partial charge in [-0.05, 0) is 31.4 Å². The van der Waals surface area contributed by atoms with Gasteiger partial charge in [0.05, 0.1) is 11.2 Å². The molecule has 2 nitrogen and oxygen atoms in total. The van der Waals surface area contributed by atoms with Crippen LogP contribution in [0.5, 0.6) is 0 Å². The van der Waals surface area contributed by atoms with Gasteiger partial charge in [-0.3, -0.25) is 10.3 Å². The van der Waals surface area contributed by atoms with Crippen LogP contribution in [-0.4, -0.2) is 17.8 Å². The maximum absolute atomic E-state index is 5.95. The Kier molecular flexibility index (Phi) is 3.39. The number of halogens is 1. The zero-order valence-electron chi connectivity index (χ0n) is 8.78. The predicted octanol–water partition coefficient (Wildman–Crippen LogP) is 3.01. The van der Waals surface area contributed by atoms with Crippen LogP contribution in [0.25, 0.3) is 0 Å². The lowest BCUT2D eigenvalue weighted by Crippen LogP contribution is -2.26. The molecule has 0 spiro atoms. The van der Waals surface area contributed by atoms with Gasteiger partial charge in [0.15, 0.2) is 0 Å². The summed E-state index contributed by atoms with van der Waals surface area (Å²) in [5, 5.41) is 3.26. The molecule has 1 aliphatic heterocycles. The SMILES string of the molecule is Cc1ccccc1N=CC1CCC(Cl)N1. The molecule has 0 saturated carbocycles. The topological polar surface area (TPSA) is 24.4 Å². The van der Waals surface area contributed by atoms with Crippen LogP contribution in [0.15, 0.2) is 29.3 Å². The molecule has 0 aromatic heterocycles. The van der Waals surface area contributed by atoms with E-state index >= 15 is 0 Å². The average molecular weight is 223 g/mol. The molecule has 2 atom stereocenters. The third kappa shape index (κ3) is 2.80. The number of hydrogen-bond acceptors (Lipinski definition) is 2. The van der Waals surface area contributed by atoms with Crippen LogP contribution in [0.2, 0.25) is 0 Å². The van der Waals surface area contributed by atoms with Gasteiger partial charge in [0.1, 0.15) is 0 Å². The fraction of sp³-hybridized carbons (Fsp3) is 0.417. The van der Waals surface area contributed by atoms with Gasteiger partial charge in [-0.2, -0.15) is 0 Å². The van der Waals surface area contributed by atoms with E-state index in [9.17, 15) is 0 Å². The smallest absolute Gasteiger partial charge is 0.0831 e. The van der Waals surface area contributed by atoms with Crippen molar-refractivity contribution in [3.63, 3.8) is 0 Å². The van der Waals surface area contributed by atoms with E-state index in [0.717, 1.165) is 18.5 Å². The van der Waals surface area contributed by atoms with Gasteiger partial charge in [0.25, 0.3) is 0 Å². The van der Waals surface area contributed by atoms with Crippen LogP contribution >= 0.6 is 11.6 Å². The zero-order chi connectivity index (χ0) is 10.7. The molecule has 1 aromatic rings. The highest BCUT2D eigenvalue weighted by atomic mass is 35.5. The molecule has 1 aliphatic rings. The highest BCUT2D eigenvalue weighted by Gasteiger charge is 2.19. The van der Waals surface area contributed by atoms with Crippen molar-refractivity contribution >= 4 is 23.5 Å². The molecule has 80 valence electrons. The average Bonchev–Trinajstić information content (AvgIpc) is 2.63. The molecule has 1 aromatic carbocycles. The van der Waals surface area contributed by atoms with Crippen LogP contribution in [0.3, 0.4) is 0 Å². The molecule has 1 heterocycles. The second kappa shape index (κ2) is 4.77. The van der Waals surface area contributed by atoms with Crippen molar-refractivity contribution < 1.29 is 0 Å². The lowest BCUT2D eigenvalue weighted by atomic mass is 10.2. The summed E-state index contributed by atoms with van der Waals surface area (Å²) >= 11 is 5.95. The van der Waals surface area contributed by atoms with E-state index in [0.29, 0.717) is 6.04 Å². The highest BCUT2D eigenvalue weighted by molar-refractivity contribution is 6.20. The van der Waals surface area contributed by atoms with Gasteiger partial charge in [-0.15, -0.1) is 11.6 Å². The van der Waals surface area contributed by atoms with Crippen molar-refractivity contribution in [3.8, 4) is 0 Å². The maximum atomic E-state index is 5.95. The van der Waals surface area contributed by atoms with Gasteiger partial charge in [-0.1, -0.05) is 18.2 Å². The monoisotopic (exact) mass is 222 g/mol. The van der Waals surface area contributed by atoms with E-state index in [1.54, 1.807) is 0 Å². The lowest BCUT2D eigenvalue weighted by molar-refractivity contribution is 0.743. The van der Waals surface area contributed by atoms with Crippen LogP contribution in [0, 0.1) is 6.92 Å². The van der Waals surface area contributed by atoms with E-state index < -0.39 is 0 Å². The first-order chi connectivity index (χ1) is 7.25. The molecule has 2 unspecified atom stereocenters. The molecular formula is C12H15ClN2. The lowest BCUT2D eigenvalue weighted by Gasteiger charge is -2.04. The van der Waals surface area contributed by atoms with Crippen LogP contribution < -0.4 is 5.32 Å². The maximum Gasteiger partial charge on any atom is 0.0831 e. The van der Waals surface area contributed by atoms with Crippen molar-refractivity contribution in [2.24, 2.45) is 4.99 Å². The fourth-order valence-electron chi connectivity index (χ4n) is 1.72. The van der Waals surface area contributed by atoms with Crippen molar-refractivity contribution in [2.45, 2.75) is 31.3 Å². The summed E-state index contributed by atoms with van der Waals surface area (Å²) in [4.78, 5) is 4.48. The van der Waals surface area contributed by atoms with Crippen LogP contribution in [-0.2, 0) is 0 Å². The minimum Gasteiger partial charge on any atom is -0.293 e. The number of aryl methyl sites for hydroxylation is 1. The van der Waals surface area contributed by atoms with Gasteiger partial charge in [-0.25, -0.2) is 0 Å². The third-order valence-electron chi connectivity index (χ3n) is 2.64. The summed E-state index contributed by atoms with van der Waals surface area (Å²) in [6, 6.07) is 8.45. The highest BCUT2D eigenvalue weighted by Crippen LogP contribution is 2.18. The second-order valence-corrected chi connectivity index (χ2v) is 4.41. The van der Waals surface area contributed by atoms with Gasteiger partial charge in [0.2, 0.25) is 0 Å². The zero-order valence-corrected chi connectivity index (χ0v) is 9.54. The molecule has 15 heavy (non-hydrogen) atoms. The van der Waals surface area contributed by atoms with Crippen LogP contribution in [0.4, 0.5) is 5.69 Å². The van der Waals surface area contributed by atoms with Crippen molar-refractivity contribution in [2.75, 3.05) is 0 Å². The summed E-state index contributed by atoms with van der Waals surface area (Å²) < 4.78 is 0. The molecule has 1 fully saturated rings. The molecule has 2 rings (SSSR count). The quantitative estimate of drug-likeness (QED) is 0.464. The molecule has 3 heteroatoms. The van der Waals surface area contributed by atoms with Crippen molar-refractivity contribution in [3.05, 3.63) is 29.8 Å². The fourth-order valence-corrected chi connectivity index (χ4v) is 2.01. The molecule has 1 N–H and O–H groups in total. The summed E-state index contributed by atoms with van der Waals surface area (Å²) in [6.07, 6.45) is 4.06. The first-order valence-corrected chi connectivity index (χ1v) is 5.69. The van der Waals surface area contributed by atoms with Crippen LogP contribution in [0.1, 0.15) is 18.4 Å². The summed E-state index contributed by atoms with van der Waals surface area (Å²) in [5.74, 6) is 0. The van der Waals surface area contributed by atoms with E-state index in [-0.39, 0.29) is 5.50 Å². The summed E-state index contributed by atoms with van der Waals surface area (Å²) in [5.41, 5.74) is 2.35. The number of aliphatic imine (C=N–C) groups is 1. The Hall–Kier alpha value is -0.860. The molecule has 0 bridgehead atoms. The normalized spacial score (nSPS) is 26.3. The van der Waals surface area contributed by atoms with E-state index in [4.69, 9.17) is 11.6 Å². The summed E-state index contributed by atoms with van der Waals surface area (Å²) in [6.45, 7) is 2.07. The third-order valence-corrected chi connectivity index (χ3v) is 2.98. The molecular weight excluding hydrogens is 208 g/mol. The standard InChI is InChI=1S/C12H15ClN2/c1-9-4-2-3-5-11(9)14-8-10-6-7-12(13)15-10/h2-5,8,10,12,15H,6-7H2,1H3. The minimum absolute atomic E-state index is 0.110. The Morgan fingerprint density at radius 1 is 1.40 bits per heavy atom. The van der Waals surface area contributed by atoms with Gasteiger partial charge in [0, 0.05) is 12.3 Å². The number of hydrogen-bond donors (Lipinski definition) is 1. The molecule has 1 saturated heterocycles. The first-order valence-electron chi connectivity index (χ1n) is 5.25. The van der Waals surface area contributed by atoms with E-state index in [1.165, 1.54) is 5.56 Å². The van der Waals surface area contributed by atoms with Crippen molar-refractivity contribution in [1.82, 2.24) is 5.32 Å². The molecule has 0 aliphatic carbocycles. The first kappa shape index (κ1) is 10.7. The number of para-hydroxylation sites is 1. The van der Waals surface area contributed by atoms with Gasteiger partial charge >= 0.3 is 0 Å². The Labute approximate surface area is 95.4 Å². The Bertz CT molecular complexity index is 362. The second-order valence-electron chi connectivity index (χ2n) is 3.88. The predicted molar refractivity (Wildman–Crippen MR) is 65.1 cm³/mol. The molecule has 0 amide bonds. The summed E-state index contributed by atoms with van der Waals surface area (Å²) in [7, 11) is 0. The number of alkyl halides is 1. The van der Waals surface area contributed by atoms with Crippen molar-refractivity contribution in [1.29, 1.82) is 0 Å². The number of benzene rings is 1. The number of rotatable bonds is 2. The number of nitrogens with one attached hydrogen (secondary N) is 1. The Morgan fingerprint density at radius 3 is 2.87 bits per heavy atom. The Balaban J connectivity index is 2.02. The molecule has 0 radical (unpaired) electrons. The largest absolute Gasteiger partial charge is 0.293 e. The van der Waals surface area contributed by atoms with Gasteiger partial charge < -0.3 is 0 Å².